The number of nitrogens with one attached hydrogen (secondary N) is 2. The van der Waals surface area contributed by atoms with Gasteiger partial charge >= 0.3 is 0 Å². The van der Waals surface area contributed by atoms with Crippen LogP contribution in [-0.2, 0) is 7.05 Å². The molecule has 1 saturated heterocycles. The Bertz CT molecular complexity index is 388. The number of aryl methyl sites for hydroxylation is 1. The van der Waals surface area contributed by atoms with E-state index in [0.29, 0.717) is 24.1 Å². The van der Waals surface area contributed by atoms with Crippen LogP contribution < -0.4 is 10.6 Å². The molecule has 1 aromatic rings. The largest absolute Gasteiger partial charge is 0.350 e. The summed E-state index contributed by atoms with van der Waals surface area (Å²) in [6.45, 7) is 3.97. The van der Waals surface area contributed by atoms with E-state index < -0.39 is 0 Å². The number of amides is 1. The molecule has 2 unspecified atom stereocenters. The summed E-state index contributed by atoms with van der Waals surface area (Å²) >= 11 is 0. The second-order valence-electron chi connectivity index (χ2n) is 4.79. The van der Waals surface area contributed by atoms with Crippen LogP contribution in [0.5, 0.6) is 0 Å². The van der Waals surface area contributed by atoms with E-state index in [-0.39, 0.29) is 5.91 Å². The first-order valence-electron chi connectivity index (χ1n) is 6.17. The molecule has 1 fully saturated rings. The second kappa shape index (κ2) is 5.31. The maximum absolute atomic E-state index is 11.8. The van der Waals surface area contributed by atoms with E-state index in [1.54, 1.807) is 17.1 Å². The molecule has 2 rings (SSSR count). The van der Waals surface area contributed by atoms with Gasteiger partial charge in [0.1, 0.15) is 0 Å². The van der Waals surface area contributed by atoms with Crippen molar-refractivity contribution in [2.24, 2.45) is 13.0 Å². The summed E-state index contributed by atoms with van der Waals surface area (Å²) in [4.78, 5) is 11.8. The van der Waals surface area contributed by atoms with Gasteiger partial charge in [0.15, 0.2) is 0 Å². The van der Waals surface area contributed by atoms with Crippen molar-refractivity contribution in [1.82, 2.24) is 20.4 Å². The average Bonchev–Trinajstić information content (AvgIpc) is 2.74. The molecule has 1 aliphatic heterocycles. The van der Waals surface area contributed by atoms with Crippen LogP contribution >= 0.6 is 0 Å². The van der Waals surface area contributed by atoms with Crippen molar-refractivity contribution in [2.45, 2.75) is 25.8 Å². The first-order chi connectivity index (χ1) is 8.16. The molecule has 94 valence electrons. The van der Waals surface area contributed by atoms with Crippen LogP contribution in [0, 0.1) is 5.92 Å². The fourth-order valence-corrected chi connectivity index (χ4v) is 2.23. The number of nitrogens with zero attached hydrogens (tertiary/aromatic N) is 2. The number of hydrogen-bond acceptors (Lipinski definition) is 3. The third kappa shape index (κ3) is 3.06. The quantitative estimate of drug-likeness (QED) is 0.805. The Morgan fingerprint density at radius 2 is 2.53 bits per heavy atom. The fourth-order valence-electron chi connectivity index (χ4n) is 2.23. The van der Waals surface area contributed by atoms with Crippen LogP contribution in [0.15, 0.2) is 12.4 Å². The van der Waals surface area contributed by atoms with Crippen molar-refractivity contribution >= 4 is 5.91 Å². The van der Waals surface area contributed by atoms with Crippen LogP contribution in [0.3, 0.4) is 0 Å². The average molecular weight is 236 g/mol. The van der Waals surface area contributed by atoms with E-state index in [1.165, 1.54) is 12.8 Å². The van der Waals surface area contributed by atoms with Gasteiger partial charge in [-0.15, -0.1) is 0 Å². The van der Waals surface area contributed by atoms with Gasteiger partial charge in [-0.1, -0.05) is 6.92 Å². The molecule has 17 heavy (non-hydrogen) atoms. The lowest BCUT2D eigenvalue weighted by molar-refractivity contribution is 0.0943. The minimum absolute atomic E-state index is 0.0438. The Balaban J connectivity index is 1.83. The molecule has 5 nitrogen and oxygen atoms in total. The highest BCUT2D eigenvalue weighted by molar-refractivity contribution is 5.93. The second-order valence-corrected chi connectivity index (χ2v) is 4.79. The molecule has 1 aliphatic rings. The van der Waals surface area contributed by atoms with E-state index in [2.05, 4.69) is 22.7 Å². The standard InChI is InChI=1S/C12H20N4O/c1-9-4-3-5-13-11(9)7-14-12(17)10-6-15-16(2)8-10/h6,8-9,11,13H,3-5,7H2,1-2H3,(H,14,17). The smallest absolute Gasteiger partial charge is 0.254 e. The third-order valence-electron chi connectivity index (χ3n) is 3.38. The number of carbonyl (C=O) groups excluding carboxylic acids is 1. The molecule has 5 heteroatoms. The zero-order valence-corrected chi connectivity index (χ0v) is 10.4. The Hall–Kier alpha value is -1.36. The van der Waals surface area contributed by atoms with Crippen LogP contribution in [0.4, 0.5) is 0 Å². The maximum atomic E-state index is 11.8. The van der Waals surface area contributed by atoms with Crippen molar-refractivity contribution in [3.05, 3.63) is 18.0 Å². The highest BCUT2D eigenvalue weighted by atomic mass is 16.1. The number of carbonyl (C=O) groups is 1. The zero-order chi connectivity index (χ0) is 12.3. The SMILES string of the molecule is CC1CCCNC1CNC(=O)c1cnn(C)c1. The van der Waals surface area contributed by atoms with E-state index in [9.17, 15) is 4.79 Å². The van der Waals surface area contributed by atoms with Gasteiger partial charge in [0.25, 0.3) is 5.91 Å². The lowest BCUT2D eigenvalue weighted by Gasteiger charge is -2.30. The summed E-state index contributed by atoms with van der Waals surface area (Å²) in [6.07, 6.45) is 5.79. The lowest BCUT2D eigenvalue weighted by Crippen LogP contribution is -2.47. The minimum atomic E-state index is -0.0438. The van der Waals surface area contributed by atoms with Crippen LogP contribution in [0.1, 0.15) is 30.1 Å². The van der Waals surface area contributed by atoms with Crippen molar-refractivity contribution in [2.75, 3.05) is 13.1 Å². The lowest BCUT2D eigenvalue weighted by atomic mass is 9.93. The van der Waals surface area contributed by atoms with Crippen LogP contribution in [0.25, 0.3) is 0 Å². The summed E-state index contributed by atoms with van der Waals surface area (Å²) in [7, 11) is 1.81. The molecule has 0 aromatic carbocycles. The summed E-state index contributed by atoms with van der Waals surface area (Å²) in [5, 5.41) is 10.4. The summed E-state index contributed by atoms with van der Waals surface area (Å²) in [5.41, 5.74) is 0.621. The van der Waals surface area contributed by atoms with E-state index >= 15 is 0 Å². The number of aromatic nitrogens is 2. The highest BCUT2D eigenvalue weighted by Crippen LogP contribution is 2.14. The highest BCUT2D eigenvalue weighted by Gasteiger charge is 2.21. The molecule has 2 atom stereocenters. The van der Waals surface area contributed by atoms with Crippen LogP contribution in [-0.4, -0.2) is 34.8 Å². The van der Waals surface area contributed by atoms with E-state index in [0.717, 1.165) is 6.54 Å². The van der Waals surface area contributed by atoms with Gasteiger partial charge in [-0.2, -0.15) is 5.10 Å². The summed E-state index contributed by atoms with van der Waals surface area (Å²) in [6, 6.07) is 0.393. The van der Waals surface area contributed by atoms with Gasteiger partial charge < -0.3 is 10.6 Å². The fraction of sp³-hybridized carbons (Fsp3) is 0.667. The summed E-state index contributed by atoms with van der Waals surface area (Å²) < 4.78 is 1.64. The number of rotatable bonds is 3. The van der Waals surface area contributed by atoms with Gasteiger partial charge in [0.2, 0.25) is 0 Å². The first-order valence-corrected chi connectivity index (χ1v) is 6.17. The molecule has 0 aliphatic carbocycles. The van der Waals surface area contributed by atoms with Crippen molar-refractivity contribution in [3.63, 3.8) is 0 Å². The molecular formula is C12H20N4O. The molecule has 0 radical (unpaired) electrons. The van der Waals surface area contributed by atoms with E-state index in [4.69, 9.17) is 0 Å². The Morgan fingerprint density at radius 3 is 3.18 bits per heavy atom. The normalized spacial score (nSPS) is 24.6. The number of hydrogen-bond donors (Lipinski definition) is 2. The molecule has 1 amide bonds. The predicted molar refractivity (Wildman–Crippen MR) is 65.7 cm³/mol. The van der Waals surface area contributed by atoms with Crippen molar-refractivity contribution in [3.8, 4) is 0 Å². The van der Waals surface area contributed by atoms with Gasteiger partial charge in [0, 0.05) is 25.8 Å². The maximum Gasteiger partial charge on any atom is 0.254 e. The minimum Gasteiger partial charge on any atom is -0.350 e. The van der Waals surface area contributed by atoms with Gasteiger partial charge in [-0.05, 0) is 25.3 Å². The molecule has 2 heterocycles. The topological polar surface area (TPSA) is 58.9 Å². The number of piperidine rings is 1. The van der Waals surface area contributed by atoms with Crippen LogP contribution in [0.2, 0.25) is 0 Å². The Morgan fingerprint density at radius 1 is 1.71 bits per heavy atom. The first kappa shape index (κ1) is 12.1. The van der Waals surface area contributed by atoms with Gasteiger partial charge in [0.05, 0.1) is 11.8 Å². The molecule has 0 saturated carbocycles. The molecule has 2 N–H and O–H groups in total. The zero-order valence-electron chi connectivity index (χ0n) is 10.4. The predicted octanol–water partition coefficient (Wildman–Crippen LogP) is 0.538. The Kier molecular flexibility index (Phi) is 3.78. The molecule has 1 aromatic heterocycles. The van der Waals surface area contributed by atoms with Gasteiger partial charge in [-0.3, -0.25) is 9.48 Å². The third-order valence-corrected chi connectivity index (χ3v) is 3.38. The molecule has 0 bridgehead atoms. The van der Waals surface area contributed by atoms with Crippen molar-refractivity contribution < 1.29 is 4.79 Å². The Labute approximate surface area is 102 Å². The summed E-state index contributed by atoms with van der Waals surface area (Å²) in [5.74, 6) is 0.579. The van der Waals surface area contributed by atoms with Crippen molar-refractivity contribution in [1.29, 1.82) is 0 Å². The van der Waals surface area contributed by atoms with Gasteiger partial charge in [-0.25, -0.2) is 0 Å². The molecular weight excluding hydrogens is 216 g/mol. The monoisotopic (exact) mass is 236 g/mol. The molecule has 0 spiro atoms. The van der Waals surface area contributed by atoms with E-state index in [1.807, 2.05) is 7.05 Å².